The molecule has 19 heavy (non-hydrogen) atoms. The number of benzene rings is 1. The SMILES string of the molecule is NC(=O)COc1ccc(NC(=O)c2cscn2)cc1. The van der Waals surface area contributed by atoms with Crippen LogP contribution in [0.5, 0.6) is 5.75 Å². The van der Waals surface area contributed by atoms with Crippen LogP contribution in [0.1, 0.15) is 10.5 Å². The van der Waals surface area contributed by atoms with E-state index < -0.39 is 5.91 Å². The highest BCUT2D eigenvalue weighted by Gasteiger charge is 2.07. The smallest absolute Gasteiger partial charge is 0.275 e. The van der Waals surface area contributed by atoms with Gasteiger partial charge in [-0.25, -0.2) is 4.98 Å². The molecular formula is C12H11N3O3S. The lowest BCUT2D eigenvalue weighted by molar-refractivity contribution is -0.119. The quantitative estimate of drug-likeness (QED) is 0.860. The maximum atomic E-state index is 11.7. The number of ether oxygens (including phenoxy) is 1. The van der Waals surface area contributed by atoms with Gasteiger partial charge in [-0.05, 0) is 24.3 Å². The van der Waals surface area contributed by atoms with Crippen LogP contribution in [-0.4, -0.2) is 23.4 Å². The molecule has 1 heterocycles. The maximum Gasteiger partial charge on any atom is 0.275 e. The molecule has 1 aromatic heterocycles. The van der Waals surface area contributed by atoms with Gasteiger partial charge in [-0.2, -0.15) is 0 Å². The van der Waals surface area contributed by atoms with E-state index in [0.29, 0.717) is 17.1 Å². The minimum Gasteiger partial charge on any atom is -0.484 e. The monoisotopic (exact) mass is 277 g/mol. The summed E-state index contributed by atoms with van der Waals surface area (Å²) in [7, 11) is 0. The van der Waals surface area contributed by atoms with E-state index in [1.54, 1.807) is 35.2 Å². The van der Waals surface area contributed by atoms with Crippen molar-refractivity contribution in [1.29, 1.82) is 0 Å². The molecule has 0 aliphatic carbocycles. The Morgan fingerprint density at radius 3 is 2.63 bits per heavy atom. The number of amides is 2. The fourth-order valence-corrected chi connectivity index (χ4v) is 1.84. The first-order valence-electron chi connectivity index (χ1n) is 5.36. The first kappa shape index (κ1) is 13.0. The van der Waals surface area contributed by atoms with Gasteiger partial charge in [0.1, 0.15) is 11.4 Å². The third-order valence-electron chi connectivity index (χ3n) is 2.16. The van der Waals surface area contributed by atoms with Crippen LogP contribution in [0.2, 0.25) is 0 Å². The topological polar surface area (TPSA) is 94.3 Å². The number of aromatic nitrogens is 1. The molecule has 6 nitrogen and oxygen atoms in total. The molecule has 2 rings (SSSR count). The molecule has 0 fully saturated rings. The van der Waals surface area contributed by atoms with Crippen LogP contribution in [0.4, 0.5) is 5.69 Å². The van der Waals surface area contributed by atoms with Crippen LogP contribution in [0.3, 0.4) is 0 Å². The number of nitrogens with zero attached hydrogens (tertiary/aromatic N) is 1. The van der Waals surface area contributed by atoms with Crippen molar-refractivity contribution in [3.05, 3.63) is 40.8 Å². The lowest BCUT2D eigenvalue weighted by Crippen LogP contribution is -2.20. The molecule has 98 valence electrons. The Balaban J connectivity index is 1.95. The molecule has 2 aromatic rings. The van der Waals surface area contributed by atoms with Crippen molar-refractivity contribution in [2.24, 2.45) is 5.73 Å². The van der Waals surface area contributed by atoms with Crippen molar-refractivity contribution in [1.82, 2.24) is 4.98 Å². The summed E-state index contributed by atoms with van der Waals surface area (Å²) in [6, 6.07) is 6.61. The fraction of sp³-hybridized carbons (Fsp3) is 0.0833. The van der Waals surface area contributed by atoms with Crippen molar-refractivity contribution in [2.75, 3.05) is 11.9 Å². The number of thiazole rings is 1. The second kappa shape index (κ2) is 5.96. The molecule has 0 saturated heterocycles. The Kier molecular flexibility index (Phi) is 4.09. The molecule has 0 spiro atoms. The number of primary amides is 1. The Morgan fingerprint density at radius 1 is 1.32 bits per heavy atom. The summed E-state index contributed by atoms with van der Waals surface area (Å²) in [5, 5.41) is 4.36. The Hall–Kier alpha value is -2.41. The van der Waals surface area contributed by atoms with Crippen LogP contribution < -0.4 is 15.8 Å². The number of nitrogens with one attached hydrogen (secondary N) is 1. The average Bonchev–Trinajstić information content (AvgIpc) is 2.92. The van der Waals surface area contributed by atoms with Gasteiger partial charge in [0.15, 0.2) is 6.61 Å². The van der Waals surface area contributed by atoms with Crippen LogP contribution in [0, 0.1) is 0 Å². The summed E-state index contributed by atoms with van der Waals surface area (Å²) in [4.78, 5) is 26.2. The van der Waals surface area contributed by atoms with Crippen molar-refractivity contribution in [3.8, 4) is 5.75 Å². The first-order chi connectivity index (χ1) is 9.15. The summed E-state index contributed by atoms with van der Waals surface area (Å²) >= 11 is 1.35. The molecule has 0 bridgehead atoms. The molecule has 0 aliphatic rings. The van der Waals surface area contributed by atoms with Gasteiger partial charge in [-0.1, -0.05) is 0 Å². The average molecular weight is 277 g/mol. The molecule has 0 aliphatic heterocycles. The third kappa shape index (κ3) is 3.78. The summed E-state index contributed by atoms with van der Waals surface area (Å²) < 4.78 is 5.10. The highest BCUT2D eigenvalue weighted by atomic mass is 32.1. The second-order valence-corrected chi connectivity index (χ2v) is 4.33. The van der Waals surface area contributed by atoms with Crippen LogP contribution in [0.15, 0.2) is 35.2 Å². The van der Waals surface area contributed by atoms with Gasteiger partial charge in [-0.3, -0.25) is 9.59 Å². The predicted octanol–water partition coefficient (Wildman–Crippen LogP) is 1.26. The van der Waals surface area contributed by atoms with Crippen molar-refractivity contribution in [3.63, 3.8) is 0 Å². The molecule has 0 saturated carbocycles. The number of rotatable bonds is 5. The minimum atomic E-state index is -0.541. The highest BCUT2D eigenvalue weighted by molar-refractivity contribution is 7.07. The van der Waals surface area contributed by atoms with Crippen LogP contribution >= 0.6 is 11.3 Å². The normalized spacial score (nSPS) is 9.89. The number of carbonyl (C=O) groups is 2. The molecule has 3 N–H and O–H groups in total. The van der Waals surface area contributed by atoms with E-state index in [9.17, 15) is 9.59 Å². The van der Waals surface area contributed by atoms with E-state index >= 15 is 0 Å². The number of carbonyl (C=O) groups excluding carboxylic acids is 2. The fourth-order valence-electron chi connectivity index (χ4n) is 1.31. The third-order valence-corrected chi connectivity index (χ3v) is 2.74. The lowest BCUT2D eigenvalue weighted by atomic mass is 10.3. The zero-order valence-corrected chi connectivity index (χ0v) is 10.6. The van der Waals surface area contributed by atoms with Crippen molar-refractivity contribution < 1.29 is 14.3 Å². The number of nitrogens with two attached hydrogens (primary N) is 1. The van der Waals surface area contributed by atoms with Crippen molar-refractivity contribution in [2.45, 2.75) is 0 Å². The summed E-state index contributed by atoms with van der Waals surface area (Å²) in [6.45, 7) is -0.176. The van der Waals surface area contributed by atoms with E-state index in [1.807, 2.05) is 0 Å². The molecule has 0 unspecified atom stereocenters. The number of hydrogen-bond acceptors (Lipinski definition) is 5. The molecule has 7 heteroatoms. The predicted molar refractivity (Wildman–Crippen MR) is 71.2 cm³/mol. The van der Waals surface area contributed by atoms with Gasteiger partial charge in [0.25, 0.3) is 11.8 Å². The van der Waals surface area contributed by atoms with E-state index in [0.717, 1.165) is 0 Å². The minimum absolute atomic E-state index is 0.176. The molecular weight excluding hydrogens is 266 g/mol. The van der Waals surface area contributed by atoms with Gasteiger partial charge in [-0.15, -0.1) is 11.3 Å². The number of hydrogen-bond donors (Lipinski definition) is 2. The van der Waals surface area contributed by atoms with Gasteiger partial charge in [0.05, 0.1) is 5.51 Å². The van der Waals surface area contributed by atoms with Crippen LogP contribution in [0.25, 0.3) is 0 Å². The van der Waals surface area contributed by atoms with E-state index in [-0.39, 0.29) is 12.5 Å². The molecule has 2 amide bonds. The lowest BCUT2D eigenvalue weighted by Gasteiger charge is -2.06. The summed E-state index contributed by atoms with van der Waals surface area (Å²) in [5.41, 5.74) is 7.55. The molecule has 0 atom stereocenters. The maximum absolute atomic E-state index is 11.7. The zero-order chi connectivity index (χ0) is 13.7. The standard InChI is InChI=1S/C12H11N3O3S/c13-11(16)5-18-9-3-1-8(2-4-9)15-12(17)10-6-19-7-14-10/h1-4,6-7H,5H2,(H2,13,16)(H,15,17). The van der Waals surface area contributed by atoms with E-state index in [4.69, 9.17) is 10.5 Å². The Labute approximate surface area is 113 Å². The van der Waals surface area contributed by atoms with Crippen molar-refractivity contribution >= 4 is 28.8 Å². The van der Waals surface area contributed by atoms with E-state index in [2.05, 4.69) is 10.3 Å². The molecule has 1 aromatic carbocycles. The summed E-state index contributed by atoms with van der Waals surface area (Å²) in [6.07, 6.45) is 0. The van der Waals surface area contributed by atoms with Crippen LogP contribution in [-0.2, 0) is 4.79 Å². The summed E-state index contributed by atoms with van der Waals surface area (Å²) in [5.74, 6) is -0.307. The van der Waals surface area contributed by atoms with Gasteiger partial charge in [0, 0.05) is 11.1 Å². The highest BCUT2D eigenvalue weighted by Crippen LogP contribution is 2.16. The Morgan fingerprint density at radius 2 is 2.05 bits per heavy atom. The van der Waals surface area contributed by atoms with Gasteiger partial charge in [0.2, 0.25) is 0 Å². The van der Waals surface area contributed by atoms with E-state index in [1.165, 1.54) is 11.3 Å². The molecule has 0 radical (unpaired) electrons. The largest absolute Gasteiger partial charge is 0.484 e. The Bertz CT molecular complexity index is 566. The number of anilines is 1. The first-order valence-corrected chi connectivity index (χ1v) is 6.30. The zero-order valence-electron chi connectivity index (χ0n) is 9.83. The van der Waals surface area contributed by atoms with Gasteiger partial charge >= 0.3 is 0 Å². The second-order valence-electron chi connectivity index (χ2n) is 3.61. The van der Waals surface area contributed by atoms with Gasteiger partial charge < -0.3 is 15.8 Å².